The number of nitrogens with one attached hydrogen (secondary N) is 1. The molecule has 7 nitrogen and oxygen atoms in total. The lowest BCUT2D eigenvalue weighted by molar-refractivity contribution is -0.136. The van der Waals surface area contributed by atoms with Gasteiger partial charge in [-0.15, -0.1) is 10.2 Å². The molecule has 0 radical (unpaired) electrons. The van der Waals surface area contributed by atoms with Crippen LogP contribution < -0.4 is 5.73 Å². The second-order valence-electron chi connectivity index (χ2n) is 5.13. The van der Waals surface area contributed by atoms with Crippen molar-refractivity contribution in [2.24, 2.45) is 23.5 Å². The van der Waals surface area contributed by atoms with Crippen LogP contribution in [0.25, 0.3) is 0 Å². The number of hydrogen-bond donors (Lipinski definition) is 2. The van der Waals surface area contributed by atoms with E-state index < -0.39 is 0 Å². The summed E-state index contributed by atoms with van der Waals surface area (Å²) in [5.74, 6) is -0.882. The highest BCUT2D eigenvalue weighted by molar-refractivity contribution is 6.41. The minimum Gasteiger partial charge on any atom is -0.327 e. The zero-order valence-corrected chi connectivity index (χ0v) is 10.0. The molecule has 0 amide bonds. The Morgan fingerprint density at radius 3 is 2.67 bits per heavy atom. The van der Waals surface area contributed by atoms with Gasteiger partial charge in [0, 0.05) is 23.8 Å². The Hall–Kier alpha value is -1.63. The van der Waals surface area contributed by atoms with Gasteiger partial charge in [0.05, 0.1) is 0 Å². The molecule has 2 aliphatic rings. The summed E-state index contributed by atoms with van der Waals surface area (Å²) in [6, 6.07) is -0.284. The van der Waals surface area contributed by atoms with Gasteiger partial charge in [0.2, 0.25) is 11.6 Å². The van der Waals surface area contributed by atoms with Crippen molar-refractivity contribution < 1.29 is 9.59 Å². The van der Waals surface area contributed by atoms with Gasteiger partial charge in [0.1, 0.15) is 0 Å². The van der Waals surface area contributed by atoms with Crippen LogP contribution in [0.5, 0.6) is 0 Å². The average molecular weight is 249 g/mol. The largest absolute Gasteiger partial charge is 0.327 e. The number of H-pyrrole nitrogens is 1. The zero-order valence-electron chi connectivity index (χ0n) is 10.0. The number of carbonyl (C=O) groups is 2. The highest BCUT2D eigenvalue weighted by Crippen LogP contribution is 2.49. The summed E-state index contributed by atoms with van der Waals surface area (Å²) in [6.45, 7) is 1.99. The minimum absolute atomic E-state index is 0.0252. The van der Waals surface area contributed by atoms with Crippen LogP contribution in [0.4, 0.5) is 0 Å². The lowest BCUT2D eigenvalue weighted by atomic mass is 9.68. The van der Waals surface area contributed by atoms with Crippen molar-refractivity contribution in [2.45, 2.75) is 31.7 Å². The second-order valence-corrected chi connectivity index (χ2v) is 5.13. The first kappa shape index (κ1) is 11.5. The van der Waals surface area contributed by atoms with Crippen LogP contribution in [-0.2, 0) is 9.59 Å². The Bertz CT molecular complexity index is 486. The van der Waals surface area contributed by atoms with E-state index in [2.05, 4.69) is 20.6 Å². The summed E-state index contributed by atoms with van der Waals surface area (Å²) in [5.41, 5.74) is 6.07. The number of fused-ring (bicyclic) bond motifs is 2. The first-order valence-corrected chi connectivity index (χ1v) is 6.22. The molecule has 0 saturated heterocycles. The van der Waals surface area contributed by atoms with Gasteiger partial charge in [-0.25, -0.2) is 0 Å². The first-order valence-electron chi connectivity index (χ1n) is 6.22. The molecule has 3 N–H and O–H groups in total. The van der Waals surface area contributed by atoms with E-state index in [4.69, 9.17) is 5.73 Å². The standard InChI is InChI=1S/C11H15N5O2/c1-2-4-7-5(11-13-15-16-14-11)3-6(12)8(4)10(18)9(7)17/h4-8H,2-3,12H2,1H3,(H,13,14,15,16). The maximum absolute atomic E-state index is 12.1. The number of carbonyl (C=O) groups excluding carboxylic acids is 2. The smallest absolute Gasteiger partial charge is 0.203 e. The lowest BCUT2D eigenvalue weighted by Crippen LogP contribution is -2.43. The zero-order chi connectivity index (χ0) is 12.9. The molecule has 0 spiro atoms. The Morgan fingerprint density at radius 1 is 1.33 bits per heavy atom. The molecule has 5 unspecified atom stereocenters. The van der Waals surface area contributed by atoms with E-state index in [-0.39, 0.29) is 41.3 Å². The summed E-state index contributed by atoms with van der Waals surface area (Å²) in [4.78, 5) is 24.1. The highest BCUT2D eigenvalue weighted by Gasteiger charge is 2.58. The lowest BCUT2D eigenvalue weighted by Gasteiger charge is -2.36. The van der Waals surface area contributed by atoms with Crippen LogP contribution in [0.15, 0.2) is 0 Å². The monoisotopic (exact) mass is 249 g/mol. The summed E-state index contributed by atoms with van der Waals surface area (Å²) >= 11 is 0. The Labute approximate surface area is 104 Å². The number of nitrogens with two attached hydrogens (primary N) is 1. The number of rotatable bonds is 2. The van der Waals surface area contributed by atoms with E-state index in [1.54, 1.807) is 0 Å². The van der Waals surface area contributed by atoms with Crippen molar-refractivity contribution in [3.05, 3.63) is 5.82 Å². The van der Waals surface area contributed by atoms with Gasteiger partial charge in [-0.1, -0.05) is 18.6 Å². The second kappa shape index (κ2) is 3.94. The van der Waals surface area contributed by atoms with E-state index in [1.807, 2.05) is 6.92 Å². The molecule has 0 aromatic carbocycles. The molecule has 2 saturated carbocycles. The summed E-state index contributed by atoms with van der Waals surface area (Å²) < 4.78 is 0. The maximum Gasteiger partial charge on any atom is 0.203 e. The van der Waals surface area contributed by atoms with Gasteiger partial charge in [0.15, 0.2) is 5.82 Å². The van der Waals surface area contributed by atoms with Crippen LogP contribution in [0.1, 0.15) is 31.5 Å². The summed E-state index contributed by atoms with van der Waals surface area (Å²) in [6.07, 6.45) is 1.34. The molecule has 1 aromatic rings. The van der Waals surface area contributed by atoms with E-state index in [1.165, 1.54) is 0 Å². The topological polar surface area (TPSA) is 115 Å². The van der Waals surface area contributed by atoms with Crippen LogP contribution in [-0.4, -0.2) is 38.2 Å². The van der Waals surface area contributed by atoms with Crippen molar-refractivity contribution in [1.82, 2.24) is 20.6 Å². The van der Waals surface area contributed by atoms with Crippen molar-refractivity contribution in [3.63, 3.8) is 0 Å². The summed E-state index contributed by atoms with van der Waals surface area (Å²) in [7, 11) is 0. The molecular weight excluding hydrogens is 234 g/mol. The number of Topliss-reactive ketones (excluding diaryl/α,β-unsaturated/α-hetero) is 2. The van der Waals surface area contributed by atoms with Gasteiger partial charge < -0.3 is 5.73 Å². The van der Waals surface area contributed by atoms with Crippen molar-refractivity contribution in [3.8, 4) is 0 Å². The predicted molar refractivity (Wildman–Crippen MR) is 60.3 cm³/mol. The van der Waals surface area contributed by atoms with Crippen LogP contribution in [0.3, 0.4) is 0 Å². The van der Waals surface area contributed by atoms with Gasteiger partial charge in [0.25, 0.3) is 0 Å². The fourth-order valence-corrected chi connectivity index (χ4v) is 3.62. The number of aromatic nitrogens is 4. The predicted octanol–water partition coefficient (Wildman–Crippen LogP) is -0.575. The van der Waals surface area contributed by atoms with E-state index in [0.29, 0.717) is 12.2 Å². The molecule has 5 atom stereocenters. The average Bonchev–Trinajstić information content (AvgIpc) is 2.94. The molecule has 1 aromatic heterocycles. The van der Waals surface area contributed by atoms with Crippen LogP contribution in [0.2, 0.25) is 0 Å². The number of aromatic amines is 1. The van der Waals surface area contributed by atoms with E-state index in [9.17, 15) is 9.59 Å². The van der Waals surface area contributed by atoms with Gasteiger partial charge in [-0.2, -0.15) is 5.21 Å². The third-order valence-corrected chi connectivity index (χ3v) is 4.36. The Balaban J connectivity index is 2.04. The van der Waals surface area contributed by atoms with Crippen LogP contribution >= 0.6 is 0 Å². The quantitative estimate of drug-likeness (QED) is 0.678. The van der Waals surface area contributed by atoms with Crippen molar-refractivity contribution in [1.29, 1.82) is 0 Å². The molecule has 2 bridgehead atoms. The van der Waals surface area contributed by atoms with Gasteiger partial charge >= 0.3 is 0 Å². The molecular formula is C11H15N5O2. The molecule has 3 rings (SSSR count). The Morgan fingerprint density at radius 2 is 2.06 bits per heavy atom. The number of ketones is 2. The molecule has 96 valence electrons. The fourth-order valence-electron chi connectivity index (χ4n) is 3.62. The van der Waals surface area contributed by atoms with Crippen LogP contribution in [0, 0.1) is 17.8 Å². The third-order valence-electron chi connectivity index (χ3n) is 4.36. The number of nitrogens with zero attached hydrogens (tertiary/aromatic N) is 3. The van der Waals surface area contributed by atoms with Crippen molar-refractivity contribution in [2.75, 3.05) is 0 Å². The molecule has 18 heavy (non-hydrogen) atoms. The van der Waals surface area contributed by atoms with Gasteiger partial charge in [-0.3, -0.25) is 9.59 Å². The highest BCUT2D eigenvalue weighted by atomic mass is 16.2. The number of hydrogen-bond acceptors (Lipinski definition) is 6. The first-order chi connectivity index (χ1) is 8.65. The van der Waals surface area contributed by atoms with Crippen molar-refractivity contribution >= 4 is 11.6 Å². The number of tetrazole rings is 1. The van der Waals surface area contributed by atoms with Gasteiger partial charge in [-0.05, 0) is 12.3 Å². The Kier molecular flexibility index (Phi) is 2.51. The molecule has 2 fully saturated rings. The molecule has 1 heterocycles. The molecule has 7 heteroatoms. The van der Waals surface area contributed by atoms with E-state index >= 15 is 0 Å². The normalized spacial score (nSPS) is 39.3. The summed E-state index contributed by atoms with van der Waals surface area (Å²) in [5, 5.41) is 13.8. The molecule has 0 aliphatic heterocycles. The fraction of sp³-hybridized carbons (Fsp3) is 0.727. The maximum atomic E-state index is 12.1. The minimum atomic E-state index is -0.315. The SMILES string of the molecule is CCC1C2C(=O)C(=O)C1C(c1nn[nH]n1)CC2N. The molecule has 2 aliphatic carbocycles. The third kappa shape index (κ3) is 1.37. The van der Waals surface area contributed by atoms with E-state index in [0.717, 1.165) is 6.42 Å².